The van der Waals surface area contributed by atoms with Crippen LogP contribution in [0.5, 0.6) is 0 Å². The van der Waals surface area contributed by atoms with Crippen LogP contribution in [0, 0.1) is 11.3 Å². The molecular formula is C9H14N4. The van der Waals surface area contributed by atoms with Gasteiger partial charge in [-0.15, -0.1) is 0 Å². The molecule has 0 fully saturated rings. The van der Waals surface area contributed by atoms with Crippen LogP contribution in [0.25, 0.3) is 0 Å². The summed E-state index contributed by atoms with van der Waals surface area (Å²) in [5.41, 5.74) is 0. The molecule has 0 aliphatic rings. The number of hydrogen-bond acceptors (Lipinski definition) is 3. The van der Waals surface area contributed by atoms with Gasteiger partial charge in [-0.1, -0.05) is 0 Å². The second-order valence-electron chi connectivity index (χ2n) is 2.84. The van der Waals surface area contributed by atoms with Crippen molar-refractivity contribution in [2.24, 2.45) is 0 Å². The molecule has 13 heavy (non-hydrogen) atoms. The van der Waals surface area contributed by atoms with Crippen LogP contribution in [0.1, 0.15) is 12.8 Å². The third-order valence-electron chi connectivity index (χ3n) is 1.78. The van der Waals surface area contributed by atoms with Crippen molar-refractivity contribution in [3.05, 3.63) is 18.7 Å². The maximum absolute atomic E-state index is 8.25. The molecule has 0 saturated heterocycles. The fraction of sp³-hybridized carbons (Fsp3) is 0.556. The molecule has 1 aromatic heterocycles. The van der Waals surface area contributed by atoms with E-state index in [0.717, 1.165) is 25.9 Å². The van der Waals surface area contributed by atoms with Gasteiger partial charge in [-0.25, -0.2) is 4.98 Å². The van der Waals surface area contributed by atoms with Crippen molar-refractivity contribution in [3.63, 3.8) is 0 Å². The first kappa shape index (κ1) is 9.75. The first-order valence-electron chi connectivity index (χ1n) is 4.47. The van der Waals surface area contributed by atoms with Gasteiger partial charge in [0.1, 0.15) is 0 Å². The van der Waals surface area contributed by atoms with Gasteiger partial charge < -0.3 is 9.88 Å². The highest BCUT2D eigenvalue weighted by Gasteiger charge is 1.90. The minimum atomic E-state index is 0.449. The Morgan fingerprint density at radius 3 is 3.08 bits per heavy atom. The molecule has 0 saturated carbocycles. The van der Waals surface area contributed by atoms with E-state index in [-0.39, 0.29) is 0 Å². The van der Waals surface area contributed by atoms with Gasteiger partial charge in [0.25, 0.3) is 0 Å². The number of unbranched alkanes of at least 4 members (excludes halogenated alkanes) is 1. The van der Waals surface area contributed by atoms with Gasteiger partial charge in [-0.2, -0.15) is 5.26 Å². The second kappa shape index (κ2) is 6.21. The molecule has 1 rings (SSSR count). The number of rotatable bonds is 6. The molecule has 0 unspecified atom stereocenters. The molecule has 0 radical (unpaired) electrons. The average Bonchev–Trinajstić information content (AvgIpc) is 2.63. The molecule has 0 aliphatic heterocycles. The van der Waals surface area contributed by atoms with E-state index >= 15 is 0 Å². The van der Waals surface area contributed by atoms with Crippen molar-refractivity contribution < 1.29 is 0 Å². The fourth-order valence-electron chi connectivity index (χ4n) is 1.11. The van der Waals surface area contributed by atoms with Crippen LogP contribution in [0.2, 0.25) is 0 Å². The number of nitrogens with zero attached hydrogens (tertiary/aromatic N) is 3. The molecule has 4 nitrogen and oxygen atoms in total. The predicted octanol–water partition coefficient (Wildman–Crippen LogP) is 0.776. The van der Waals surface area contributed by atoms with E-state index in [2.05, 4.69) is 14.9 Å². The summed E-state index contributed by atoms with van der Waals surface area (Å²) in [5.74, 6) is 0. The summed E-state index contributed by atoms with van der Waals surface area (Å²) in [5, 5.41) is 11.3. The molecule has 0 bridgehead atoms. The summed E-state index contributed by atoms with van der Waals surface area (Å²) in [4.78, 5) is 3.95. The zero-order chi connectivity index (χ0) is 9.36. The Labute approximate surface area is 78.2 Å². The summed E-state index contributed by atoms with van der Waals surface area (Å²) in [7, 11) is 0. The third-order valence-corrected chi connectivity index (χ3v) is 1.78. The van der Waals surface area contributed by atoms with Crippen molar-refractivity contribution in [3.8, 4) is 6.07 Å². The molecule has 0 amide bonds. The normalized spacial score (nSPS) is 9.77. The number of hydrogen-bond donors (Lipinski definition) is 1. The fourth-order valence-corrected chi connectivity index (χ4v) is 1.11. The van der Waals surface area contributed by atoms with Crippen LogP contribution >= 0.6 is 0 Å². The van der Waals surface area contributed by atoms with Crippen molar-refractivity contribution >= 4 is 0 Å². The first-order chi connectivity index (χ1) is 6.43. The van der Waals surface area contributed by atoms with E-state index in [1.54, 1.807) is 6.20 Å². The SMILES string of the molecule is N#CCNCCCCn1ccnc1. The quantitative estimate of drug-likeness (QED) is 0.517. The molecule has 0 atom stereocenters. The standard InChI is InChI=1S/C9H14N4/c10-3-5-11-4-1-2-7-13-8-6-12-9-13/h6,8-9,11H,1-2,4-5,7H2. The van der Waals surface area contributed by atoms with Gasteiger partial charge in [0.2, 0.25) is 0 Å². The van der Waals surface area contributed by atoms with Crippen molar-refractivity contribution in [1.82, 2.24) is 14.9 Å². The zero-order valence-corrected chi connectivity index (χ0v) is 7.61. The van der Waals surface area contributed by atoms with Crippen molar-refractivity contribution in [2.75, 3.05) is 13.1 Å². The highest BCUT2D eigenvalue weighted by Crippen LogP contribution is 1.93. The Morgan fingerprint density at radius 1 is 1.46 bits per heavy atom. The monoisotopic (exact) mass is 178 g/mol. The molecular weight excluding hydrogens is 164 g/mol. The lowest BCUT2D eigenvalue weighted by Gasteiger charge is -2.01. The van der Waals surface area contributed by atoms with Crippen molar-refractivity contribution in [1.29, 1.82) is 5.26 Å². The van der Waals surface area contributed by atoms with E-state index in [9.17, 15) is 0 Å². The Kier molecular flexibility index (Phi) is 4.65. The topological polar surface area (TPSA) is 53.6 Å². The summed E-state index contributed by atoms with van der Waals surface area (Å²) in [6.45, 7) is 2.38. The van der Waals surface area contributed by atoms with E-state index in [0.29, 0.717) is 6.54 Å². The minimum absolute atomic E-state index is 0.449. The largest absolute Gasteiger partial charge is 0.337 e. The van der Waals surface area contributed by atoms with Crippen LogP contribution in [0.15, 0.2) is 18.7 Å². The minimum Gasteiger partial charge on any atom is -0.337 e. The maximum atomic E-state index is 8.25. The second-order valence-corrected chi connectivity index (χ2v) is 2.84. The molecule has 0 spiro atoms. The highest BCUT2D eigenvalue weighted by molar-refractivity contribution is 4.74. The van der Waals surface area contributed by atoms with E-state index in [4.69, 9.17) is 5.26 Å². The van der Waals surface area contributed by atoms with Gasteiger partial charge in [0.05, 0.1) is 18.9 Å². The molecule has 0 aromatic carbocycles. The van der Waals surface area contributed by atoms with Gasteiger partial charge in [0, 0.05) is 18.9 Å². The van der Waals surface area contributed by atoms with Crippen LogP contribution in [-0.4, -0.2) is 22.6 Å². The summed E-state index contributed by atoms with van der Waals surface area (Å²) >= 11 is 0. The lowest BCUT2D eigenvalue weighted by atomic mass is 10.3. The highest BCUT2D eigenvalue weighted by atomic mass is 15.0. The van der Waals surface area contributed by atoms with Gasteiger partial charge in [-0.3, -0.25) is 0 Å². The van der Waals surface area contributed by atoms with Gasteiger partial charge in [-0.05, 0) is 19.4 Å². The Hall–Kier alpha value is -1.34. The van der Waals surface area contributed by atoms with E-state index in [1.807, 2.05) is 18.6 Å². The van der Waals surface area contributed by atoms with E-state index < -0.39 is 0 Å². The number of nitriles is 1. The number of imidazole rings is 1. The van der Waals surface area contributed by atoms with Gasteiger partial charge >= 0.3 is 0 Å². The first-order valence-corrected chi connectivity index (χ1v) is 4.47. The predicted molar refractivity (Wildman–Crippen MR) is 49.9 cm³/mol. The third kappa shape index (κ3) is 4.28. The summed E-state index contributed by atoms with van der Waals surface area (Å²) in [6, 6.07) is 2.05. The maximum Gasteiger partial charge on any atom is 0.0945 e. The lowest BCUT2D eigenvalue weighted by molar-refractivity contribution is 0.583. The number of aromatic nitrogens is 2. The average molecular weight is 178 g/mol. The summed E-state index contributed by atoms with van der Waals surface area (Å²) in [6.07, 6.45) is 7.79. The molecule has 4 heteroatoms. The Bertz CT molecular complexity index is 247. The number of aryl methyl sites for hydroxylation is 1. The van der Waals surface area contributed by atoms with Gasteiger partial charge in [0.15, 0.2) is 0 Å². The molecule has 70 valence electrons. The molecule has 1 heterocycles. The van der Waals surface area contributed by atoms with Crippen LogP contribution < -0.4 is 5.32 Å². The Balaban J connectivity index is 1.94. The Morgan fingerprint density at radius 2 is 2.38 bits per heavy atom. The molecule has 0 aliphatic carbocycles. The summed E-state index contributed by atoms with van der Waals surface area (Å²) < 4.78 is 2.06. The lowest BCUT2D eigenvalue weighted by Crippen LogP contribution is -2.15. The smallest absolute Gasteiger partial charge is 0.0945 e. The van der Waals surface area contributed by atoms with Crippen molar-refractivity contribution in [2.45, 2.75) is 19.4 Å². The van der Waals surface area contributed by atoms with Crippen LogP contribution in [0.4, 0.5) is 0 Å². The van der Waals surface area contributed by atoms with Crippen LogP contribution in [-0.2, 0) is 6.54 Å². The molecule has 1 aromatic rings. The van der Waals surface area contributed by atoms with E-state index in [1.165, 1.54) is 0 Å². The molecule has 1 N–H and O–H groups in total. The van der Waals surface area contributed by atoms with Crippen LogP contribution in [0.3, 0.4) is 0 Å². The zero-order valence-electron chi connectivity index (χ0n) is 7.61. The number of nitrogens with one attached hydrogen (secondary N) is 1.